The summed E-state index contributed by atoms with van der Waals surface area (Å²) in [5.74, 6) is 1.88. The highest BCUT2D eigenvalue weighted by Crippen LogP contribution is 2.35. The van der Waals surface area contributed by atoms with Gasteiger partial charge in [-0.25, -0.2) is 0 Å². The van der Waals surface area contributed by atoms with Crippen molar-refractivity contribution < 1.29 is 9.59 Å². The number of benzene rings is 1. The lowest BCUT2D eigenvalue weighted by molar-refractivity contribution is -0.123. The molecule has 2 saturated heterocycles. The average molecular weight is 461 g/mol. The second-order valence-electron chi connectivity index (χ2n) is 10.7. The van der Waals surface area contributed by atoms with E-state index in [1.54, 1.807) is 6.20 Å². The number of carbonyl (C=O) groups excluding carboxylic acids is 2. The lowest BCUT2D eigenvalue weighted by Crippen LogP contribution is -2.39. The van der Waals surface area contributed by atoms with Crippen molar-refractivity contribution in [1.82, 2.24) is 20.1 Å². The van der Waals surface area contributed by atoms with Gasteiger partial charge in [0.2, 0.25) is 5.91 Å². The smallest absolute Gasteiger partial charge is 0.255 e. The van der Waals surface area contributed by atoms with Crippen LogP contribution in [0.25, 0.3) is 0 Å². The number of carbonyl (C=O) groups is 2. The molecule has 34 heavy (non-hydrogen) atoms. The Morgan fingerprint density at radius 1 is 1.03 bits per heavy atom. The van der Waals surface area contributed by atoms with Crippen molar-refractivity contribution in [3.63, 3.8) is 0 Å². The van der Waals surface area contributed by atoms with Gasteiger partial charge in [-0.2, -0.15) is 0 Å². The number of pyridine rings is 1. The Morgan fingerprint density at radius 3 is 2.32 bits per heavy atom. The summed E-state index contributed by atoms with van der Waals surface area (Å²) in [5, 5.41) is 3.35. The zero-order valence-electron chi connectivity index (χ0n) is 20.5. The fourth-order valence-corrected chi connectivity index (χ4v) is 5.92. The van der Waals surface area contributed by atoms with Gasteiger partial charge in [0.15, 0.2) is 0 Å². The van der Waals surface area contributed by atoms with Crippen LogP contribution in [0.4, 0.5) is 0 Å². The Kier molecular flexibility index (Phi) is 6.43. The molecule has 1 aliphatic carbocycles. The summed E-state index contributed by atoms with van der Waals surface area (Å²) in [6.45, 7) is 10.8. The molecule has 3 unspecified atom stereocenters. The first-order valence-corrected chi connectivity index (χ1v) is 12.7. The summed E-state index contributed by atoms with van der Waals surface area (Å²) in [6, 6.07) is 12.3. The van der Waals surface area contributed by atoms with E-state index in [0.29, 0.717) is 17.8 Å². The third-order valence-electron chi connectivity index (χ3n) is 7.93. The normalized spacial score (nSPS) is 24.0. The predicted octanol–water partition coefficient (Wildman–Crippen LogP) is 3.61. The second-order valence-corrected chi connectivity index (χ2v) is 10.7. The lowest BCUT2D eigenvalue weighted by Gasteiger charge is -2.30. The van der Waals surface area contributed by atoms with E-state index in [2.05, 4.69) is 46.4 Å². The molecule has 0 radical (unpaired) electrons. The van der Waals surface area contributed by atoms with E-state index in [1.807, 2.05) is 30.9 Å². The molecule has 0 bridgehead atoms. The Labute approximate surface area is 202 Å². The van der Waals surface area contributed by atoms with E-state index in [1.165, 1.54) is 5.56 Å². The Hall–Kier alpha value is -2.73. The third kappa shape index (κ3) is 4.74. The molecule has 1 N–H and O–H groups in total. The first-order valence-electron chi connectivity index (χ1n) is 12.7. The standard InChI is InChI=1S/C28H36N4O2/c1-18-11-12-29-20(3)25(18)28(34)32-16-23-14-31(15-24(23)17-32)13-19(2)26(21-7-5-4-6-8-21)30-27(33)22-9-10-22/h4-8,11-12,19,22-24,26H,9-10,13-17H2,1-3H3,(H,30,33)/t19?,23?,24?,26-/m0/s1. The SMILES string of the molecule is Cc1ccnc(C)c1C(=O)N1CC2CN(CC(C)[C@H](NC(=O)C3CC3)c3ccccc3)CC2C1. The summed E-state index contributed by atoms with van der Waals surface area (Å²) in [5.41, 5.74) is 3.77. The number of nitrogens with zero attached hydrogens (tertiary/aromatic N) is 3. The van der Waals surface area contributed by atoms with Crippen LogP contribution in [-0.2, 0) is 4.79 Å². The zero-order chi connectivity index (χ0) is 23.8. The Morgan fingerprint density at radius 2 is 1.71 bits per heavy atom. The van der Waals surface area contributed by atoms with Gasteiger partial charge >= 0.3 is 0 Å². The molecule has 4 atom stereocenters. The van der Waals surface area contributed by atoms with Crippen molar-refractivity contribution in [2.24, 2.45) is 23.7 Å². The summed E-state index contributed by atoms with van der Waals surface area (Å²) < 4.78 is 0. The maximum atomic E-state index is 13.2. The van der Waals surface area contributed by atoms with Gasteiger partial charge in [0, 0.05) is 44.8 Å². The molecule has 2 amide bonds. The summed E-state index contributed by atoms with van der Waals surface area (Å²) >= 11 is 0. The van der Waals surface area contributed by atoms with Crippen LogP contribution in [0.15, 0.2) is 42.6 Å². The summed E-state index contributed by atoms with van der Waals surface area (Å²) in [7, 11) is 0. The number of aryl methyl sites for hydroxylation is 2. The van der Waals surface area contributed by atoms with E-state index in [4.69, 9.17) is 0 Å². The highest BCUT2D eigenvalue weighted by atomic mass is 16.2. The van der Waals surface area contributed by atoms with Gasteiger partial charge in [0.05, 0.1) is 17.3 Å². The third-order valence-corrected chi connectivity index (χ3v) is 7.93. The fourth-order valence-electron chi connectivity index (χ4n) is 5.92. The minimum absolute atomic E-state index is 0.0318. The molecule has 180 valence electrons. The predicted molar refractivity (Wildman–Crippen MR) is 132 cm³/mol. The molecule has 3 heterocycles. The van der Waals surface area contributed by atoms with Crippen molar-refractivity contribution in [3.05, 3.63) is 65.0 Å². The number of likely N-dealkylation sites (tertiary alicyclic amines) is 2. The molecule has 6 heteroatoms. The maximum Gasteiger partial charge on any atom is 0.255 e. The molecule has 3 aliphatic rings. The molecule has 5 rings (SSSR count). The number of hydrogen-bond acceptors (Lipinski definition) is 4. The summed E-state index contributed by atoms with van der Waals surface area (Å²) in [4.78, 5) is 34.7. The van der Waals surface area contributed by atoms with Crippen LogP contribution in [-0.4, -0.2) is 59.3 Å². The van der Waals surface area contributed by atoms with Crippen LogP contribution in [0, 0.1) is 37.5 Å². The van der Waals surface area contributed by atoms with E-state index >= 15 is 0 Å². The number of aromatic nitrogens is 1. The Bertz CT molecular complexity index is 1020. The Balaban J connectivity index is 1.20. The molecular formula is C28H36N4O2. The number of nitrogens with one attached hydrogen (secondary N) is 1. The zero-order valence-corrected chi connectivity index (χ0v) is 20.5. The van der Waals surface area contributed by atoms with Crippen LogP contribution >= 0.6 is 0 Å². The second kappa shape index (κ2) is 9.49. The molecule has 1 saturated carbocycles. The van der Waals surface area contributed by atoms with Crippen LogP contribution in [0.2, 0.25) is 0 Å². The quantitative estimate of drug-likeness (QED) is 0.686. The minimum Gasteiger partial charge on any atom is -0.349 e. The van der Waals surface area contributed by atoms with Crippen molar-refractivity contribution >= 4 is 11.8 Å². The monoisotopic (exact) mass is 460 g/mol. The number of rotatable bonds is 7. The number of amides is 2. The van der Waals surface area contributed by atoms with Crippen molar-refractivity contribution in [2.45, 2.75) is 39.7 Å². The van der Waals surface area contributed by atoms with E-state index < -0.39 is 0 Å². The van der Waals surface area contributed by atoms with Gasteiger partial charge in [-0.05, 0) is 61.6 Å². The van der Waals surface area contributed by atoms with Gasteiger partial charge in [0.25, 0.3) is 5.91 Å². The lowest BCUT2D eigenvalue weighted by atomic mass is 9.93. The largest absolute Gasteiger partial charge is 0.349 e. The van der Waals surface area contributed by atoms with Crippen LogP contribution < -0.4 is 5.32 Å². The highest BCUT2D eigenvalue weighted by Gasteiger charge is 2.43. The molecule has 2 aromatic rings. The number of fused-ring (bicyclic) bond motifs is 1. The first kappa shape index (κ1) is 23.0. The van der Waals surface area contributed by atoms with Crippen molar-refractivity contribution in [3.8, 4) is 0 Å². The van der Waals surface area contributed by atoms with Gasteiger partial charge in [-0.3, -0.25) is 14.6 Å². The maximum absolute atomic E-state index is 13.2. The van der Waals surface area contributed by atoms with Crippen molar-refractivity contribution in [1.29, 1.82) is 0 Å². The fraction of sp³-hybridized carbons (Fsp3) is 0.536. The van der Waals surface area contributed by atoms with Crippen LogP contribution in [0.3, 0.4) is 0 Å². The van der Waals surface area contributed by atoms with E-state index in [0.717, 1.165) is 62.4 Å². The molecule has 3 fully saturated rings. The molecule has 0 spiro atoms. The van der Waals surface area contributed by atoms with Gasteiger partial charge in [-0.1, -0.05) is 37.3 Å². The van der Waals surface area contributed by atoms with E-state index in [9.17, 15) is 9.59 Å². The topological polar surface area (TPSA) is 65.5 Å². The number of hydrogen-bond donors (Lipinski definition) is 1. The molecule has 1 aromatic heterocycles. The minimum atomic E-state index is 0.0318. The highest BCUT2D eigenvalue weighted by molar-refractivity contribution is 5.96. The van der Waals surface area contributed by atoms with Gasteiger partial charge in [0.1, 0.15) is 0 Å². The average Bonchev–Trinajstić information content (AvgIpc) is 3.50. The van der Waals surface area contributed by atoms with Gasteiger partial charge in [-0.15, -0.1) is 0 Å². The molecule has 2 aliphatic heterocycles. The summed E-state index contributed by atoms with van der Waals surface area (Å²) in [6.07, 6.45) is 3.81. The molecule has 1 aromatic carbocycles. The van der Waals surface area contributed by atoms with Crippen molar-refractivity contribution in [2.75, 3.05) is 32.7 Å². The van der Waals surface area contributed by atoms with Crippen LogP contribution in [0.5, 0.6) is 0 Å². The van der Waals surface area contributed by atoms with Crippen LogP contribution in [0.1, 0.15) is 53.0 Å². The molecular weight excluding hydrogens is 424 g/mol. The van der Waals surface area contributed by atoms with Gasteiger partial charge < -0.3 is 15.1 Å². The van der Waals surface area contributed by atoms with E-state index in [-0.39, 0.29) is 23.8 Å². The first-order chi connectivity index (χ1) is 16.4. The molecule has 6 nitrogen and oxygen atoms in total.